The monoisotopic (exact) mass is 329 g/mol. The maximum absolute atomic E-state index is 12.2. The van der Waals surface area contributed by atoms with Crippen molar-refractivity contribution in [3.63, 3.8) is 0 Å². The molecule has 3 heterocycles. The van der Waals surface area contributed by atoms with Crippen molar-refractivity contribution in [1.82, 2.24) is 15.5 Å². The molecule has 3 rings (SSSR count). The lowest BCUT2D eigenvalue weighted by molar-refractivity contribution is 0.0941. The average molecular weight is 329 g/mol. The molecule has 0 aliphatic rings. The van der Waals surface area contributed by atoms with Crippen molar-refractivity contribution in [3.8, 4) is 16.5 Å². The van der Waals surface area contributed by atoms with Gasteiger partial charge in [-0.3, -0.25) is 4.79 Å². The summed E-state index contributed by atoms with van der Waals surface area (Å²) in [5.74, 6) is 0.805. The molecule has 118 valence electrons. The molecular weight excluding hydrogens is 314 g/mol. The van der Waals surface area contributed by atoms with Crippen LogP contribution < -0.4 is 10.1 Å². The molecule has 0 aromatic carbocycles. The lowest BCUT2D eigenvalue weighted by atomic mass is 10.2. The summed E-state index contributed by atoms with van der Waals surface area (Å²) >= 11 is 1.53. The quantitative estimate of drug-likeness (QED) is 0.752. The molecule has 3 aromatic rings. The zero-order valence-electron chi connectivity index (χ0n) is 12.5. The van der Waals surface area contributed by atoms with Gasteiger partial charge < -0.3 is 14.6 Å². The molecule has 7 heteroatoms. The van der Waals surface area contributed by atoms with E-state index >= 15 is 0 Å². The van der Waals surface area contributed by atoms with Gasteiger partial charge in [0.1, 0.15) is 0 Å². The van der Waals surface area contributed by atoms with Crippen molar-refractivity contribution >= 4 is 17.2 Å². The van der Waals surface area contributed by atoms with Gasteiger partial charge in [-0.2, -0.15) is 0 Å². The number of carbonyl (C=O) groups is 1. The van der Waals surface area contributed by atoms with Gasteiger partial charge in [-0.15, -0.1) is 11.3 Å². The second kappa shape index (κ2) is 7.06. The third-order valence-corrected chi connectivity index (χ3v) is 3.96. The number of nitrogens with zero attached hydrogens (tertiary/aromatic N) is 2. The Morgan fingerprint density at radius 2 is 2.30 bits per heavy atom. The van der Waals surface area contributed by atoms with E-state index in [0.29, 0.717) is 24.8 Å². The van der Waals surface area contributed by atoms with Crippen molar-refractivity contribution in [2.24, 2.45) is 0 Å². The molecule has 0 aliphatic heterocycles. The van der Waals surface area contributed by atoms with Crippen molar-refractivity contribution in [1.29, 1.82) is 0 Å². The molecule has 23 heavy (non-hydrogen) atoms. The summed E-state index contributed by atoms with van der Waals surface area (Å²) in [6, 6.07) is 9.12. The maximum Gasteiger partial charge on any atom is 0.273 e. The van der Waals surface area contributed by atoms with E-state index in [4.69, 9.17) is 9.26 Å². The van der Waals surface area contributed by atoms with E-state index in [2.05, 4.69) is 15.5 Å². The average Bonchev–Trinajstić information content (AvgIpc) is 3.25. The Bertz CT molecular complexity index is 783. The lowest BCUT2D eigenvalue weighted by Crippen LogP contribution is -2.23. The van der Waals surface area contributed by atoms with E-state index in [1.165, 1.54) is 11.3 Å². The zero-order chi connectivity index (χ0) is 16.1. The molecule has 6 nitrogen and oxygen atoms in total. The SMILES string of the molecule is CCOc1ncccc1CNC(=O)c1cc(-c2cccs2)on1. The largest absolute Gasteiger partial charge is 0.478 e. The van der Waals surface area contributed by atoms with Gasteiger partial charge >= 0.3 is 0 Å². The van der Waals surface area contributed by atoms with Crippen LogP contribution >= 0.6 is 11.3 Å². The fraction of sp³-hybridized carbons (Fsp3) is 0.188. The first kappa shape index (κ1) is 15.2. The standard InChI is InChI=1S/C16H15N3O3S/c1-2-21-16-11(5-3-7-17-16)10-18-15(20)12-9-13(22-19-12)14-6-4-8-23-14/h3-9H,2,10H2,1H3,(H,18,20). The molecule has 0 atom stereocenters. The summed E-state index contributed by atoms with van der Waals surface area (Å²) in [4.78, 5) is 17.3. The van der Waals surface area contributed by atoms with Crippen molar-refractivity contribution in [3.05, 3.63) is 53.2 Å². The van der Waals surface area contributed by atoms with Crippen molar-refractivity contribution in [2.45, 2.75) is 13.5 Å². The van der Waals surface area contributed by atoms with Crippen LogP contribution in [0, 0.1) is 0 Å². The van der Waals surface area contributed by atoms with E-state index in [-0.39, 0.29) is 11.6 Å². The van der Waals surface area contributed by atoms with Crippen LogP contribution in [-0.2, 0) is 6.54 Å². The van der Waals surface area contributed by atoms with Gasteiger partial charge in [0.15, 0.2) is 11.5 Å². The summed E-state index contributed by atoms with van der Waals surface area (Å²) in [5.41, 5.74) is 1.06. The predicted octanol–water partition coefficient (Wildman–Crippen LogP) is 3.13. The van der Waals surface area contributed by atoms with Crippen LogP contribution in [0.1, 0.15) is 23.0 Å². The first-order chi connectivity index (χ1) is 11.3. The van der Waals surface area contributed by atoms with Gasteiger partial charge in [-0.25, -0.2) is 4.98 Å². The van der Waals surface area contributed by atoms with Crippen LogP contribution in [0.3, 0.4) is 0 Å². The normalized spacial score (nSPS) is 10.5. The third kappa shape index (κ3) is 3.57. The molecule has 1 N–H and O–H groups in total. The van der Waals surface area contributed by atoms with Gasteiger partial charge in [0, 0.05) is 24.4 Å². The number of aromatic nitrogens is 2. The summed E-state index contributed by atoms with van der Waals surface area (Å²) in [7, 11) is 0. The predicted molar refractivity (Wildman–Crippen MR) is 86.4 cm³/mol. The Kier molecular flexibility index (Phi) is 4.68. The van der Waals surface area contributed by atoms with Crippen LogP contribution in [0.5, 0.6) is 5.88 Å². The number of hydrogen-bond donors (Lipinski definition) is 1. The smallest absolute Gasteiger partial charge is 0.273 e. The first-order valence-corrected chi connectivity index (χ1v) is 8.01. The molecule has 0 saturated carbocycles. The highest BCUT2D eigenvalue weighted by Crippen LogP contribution is 2.25. The molecule has 0 aliphatic carbocycles. The fourth-order valence-corrected chi connectivity index (χ4v) is 2.68. The number of thiophene rings is 1. The van der Waals surface area contributed by atoms with Crippen molar-refractivity contribution < 1.29 is 14.1 Å². The van der Waals surface area contributed by atoms with E-state index in [0.717, 1.165) is 10.4 Å². The molecule has 1 amide bonds. The summed E-state index contributed by atoms with van der Waals surface area (Å²) in [6.07, 6.45) is 1.65. The van der Waals surface area contributed by atoms with E-state index in [1.54, 1.807) is 18.3 Å². The topological polar surface area (TPSA) is 77.2 Å². The highest BCUT2D eigenvalue weighted by atomic mass is 32.1. The summed E-state index contributed by atoms with van der Waals surface area (Å²) in [6.45, 7) is 2.72. The molecule has 3 aromatic heterocycles. The van der Waals surface area contributed by atoms with E-state index in [9.17, 15) is 4.79 Å². The number of pyridine rings is 1. The van der Waals surface area contributed by atoms with Crippen LogP contribution in [0.25, 0.3) is 10.6 Å². The first-order valence-electron chi connectivity index (χ1n) is 7.13. The second-order valence-electron chi connectivity index (χ2n) is 4.64. The third-order valence-electron chi connectivity index (χ3n) is 3.08. The molecule has 0 radical (unpaired) electrons. The molecule has 0 bridgehead atoms. The number of carbonyl (C=O) groups excluding carboxylic acids is 1. The van der Waals surface area contributed by atoms with E-state index in [1.807, 2.05) is 30.5 Å². The summed E-state index contributed by atoms with van der Waals surface area (Å²) < 4.78 is 10.6. The molecule has 0 fully saturated rings. The van der Waals surface area contributed by atoms with Gasteiger partial charge in [0.2, 0.25) is 5.88 Å². The summed E-state index contributed by atoms with van der Waals surface area (Å²) in [5, 5.41) is 8.55. The Balaban J connectivity index is 1.66. The van der Waals surface area contributed by atoms with Gasteiger partial charge in [0.05, 0.1) is 11.5 Å². The van der Waals surface area contributed by atoms with E-state index < -0.39 is 0 Å². The van der Waals surface area contributed by atoms with Crippen LogP contribution in [-0.4, -0.2) is 22.7 Å². The maximum atomic E-state index is 12.2. The molecular formula is C16H15N3O3S. The number of ether oxygens (including phenoxy) is 1. The van der Waals surface area contributed by atoms with Gasteiger partial charge in [-0.1, -0.05) is 17.3 Å². The van der Waals surface area contributed by atoms with Crippen LogP contribution in [0.2, 0.25) is 0 Å². The molecule has 0 saturated heterocycles. The number of hydrogen-bond acceptors (Lipinski definition) is 6. The molecule has 0 unspecified atom stereocenters. The Morgan fingerprint density at radius 1 is 1.39 bits per heavy atom. The molecule has 0 spiro atoms. The minimum absolute atomic E-state index is 0.246. The minimum Gasteiger partial charge on any atom is -0.478 e. The minimum atomic E-state index is -0.303. The number of amides is 1. The highest BCUT2D eigenvalue weighted by molar-refractivity contribution is 7.13. The van der Waals surface area contributed by atoms with Crippen molar-refractivity contribution in [2.75, 3.05) is 6.61 Å². The Labute approximate surface area is 137 Å². The number of rotatable bonds is 6. The fourth-order valence-electron chi connectivity index (χ4n) is 2.01. The number of nitrogens with one attached hydrogen (secondary N) is 1. The van der Waals surface area contributed by atoms with Crippen LogP contribution in [0.4, 0.5) is 0 Å². The Morgan fingerprint density at radius 3 is 3.09 bits per heavy atom. The zero-order valence-corrected chi connectivity index (χ0v) is 13.3. The Hall–Kier alpha value is -2.67. The highest BCUT2D eigenvalue weighted by Gasteiger charge is 2.15. The van der Waals surface area contributed by atoms with Gasteiger partial charge in [-0.05, 0) is 24.4 Å². The van der Waals surface area contributed by atoms with Crippen LogP contribution in [0.15, 0.2) is 46.4 Å². The van der Waals surface area contributed by atoms with Gasteiger partial charge in [0.25, 0.3) is 5.91 Å². The lowest BCUT2D eigenvalue weighted by Gasteiger charge is -2.08. The second-order valence-corrected chi connectivity index (χ2v) is 5.58.